The first-order chi connectivity index (χ1) is 4.33. The first-order valence-corrected chi connectivity index (χ1v) is 2.98. The van der Waals surface area contributed by atoms with E-state index < -0.39 is 0 Å². The van der Waals surface area contributed by atoms with E-state index in [4.69, 9.17) is 5.73 Å². The van der Waals surface area contributed by atoms with Crippen LogP contribution in [0.3, 0.4) is 0 Å². The lowest BCUT2D eigenvalue weighted by atomic mass is 9.73. The van der Waals surface area contributed by atoms with Gasteiger partial charge >= 0.3 is 0 Å². The average molecular weight is 118 g/mol. The van der Waals surface area contributed by atoms with Crippen LogP contribution in [-0.4, -0.2) is 7.28 Å². The predicted octanol–water partition coefficient (Wildman–Crippen LogP) is 0.646. The maximum absolute atomic E-state index is 5.51. The van der Waals surface area contributed by atoms with Gasteiger partial charge in [-0.2, -0.15) is 0 Å². The molecule has 0 aliphatic carbocycles. The number of hydrogen-bond acceptors (Lipinski definition) is 1. The molecule has 0 spiro atoms. The summed E-state index contributed by atoms with van der Waals surface area (Å²) in [6.07, 6.45) is 0. The van der Waals surface area contributed by atoms with Crippen LogP contribution in [0.15, 0.2) is 24.3 Å². The highest BCUT2D eigenvalue weighted by Gasteiger charge is 1.87. The maximum atomic E-state index is 5.51. The third-order valence-corrected chi connectivity index (χ3v) is 1.24. The zero-order valence-electron chi connectivity index (χ0n) is 5.46. The molecule has 0 atom stereocenters. The molecule has 9 heavy (non-hydrogen) atoms. The van der Waals surface area contributed by atoms with Crippen LogP contribution in [0.4, 0.5) is 5.69 Å². The van der Waals surface area contributed by atoms with Crippen molar-refractivity contribution in [1.82, 2.24) is 0 Å². The van der Waals surface area contributed by atoms with Crippen LogP contribution >= 0.6 is 0 Å². The second-order valence-electron chi connectivity index (χ2n) is 1.96. The lowest BCUT2D eigenvalue weighted by molar-refractivity contribution is 1.73. The van der Waals surface area contributed by atoms with Crippen LogP contribution in [-0.2, 0) is 0 Å². The average Bonchev–Trinajstić information content (AvgIpc) is 1.88. The van der Waals surface area contributed by atoms with Crippen LogP contribution < -0.4 is 11.2 Å². The summed E-state index contributed by atoms with van der Waals surface area (Å²) in [5.41, 5.74) is 7.51. The summed E-state index contributed by atoms with van der Waals surface area (Å²) in [6.45, 7) is 1.99. The molecule has 0 aromatic heterocycles. The van der Waals surface area contributed by atoms with Crippen LogP contribution in [0.2, 0.25) is 6.82 Å². The van der Waals surface area contributed by atoms with Crippen LogP contribution in [0.5, 0.6) is 0 Å². The second kappa shape index (κ2) is 2.58. The van der Waals surface area contributed by atoms with Gasteiger partial charge in [-0.25, -0.2) is 0 Å². The van der Waals surface area contributed by atoms with Crippen molar-refractivity contribution < 1.29 is 0 Å². The molecule has 0 unspecified atom stereocenters. The van der Waals surface area contributed by atoms with E-state index >= 15 is 0 Å². The Bertz CT molecular complexity index is 198. The van der Waals surface area contributed by atoms with E-state index in [1.54, 1.807) is 0 Å². The van der Waals surface area contributed by atoms with Gasteiger partial charge in [-0.3, -0.25) is 0 Å². The molecule has 45 valence electrons. The minimum Gasteiger partial charge on any atom is -0.399 e. The first-order valence-electron chi connectivity index (χ1n) is 2.98. The van der Waals surface area contributed by atoms with E-state index in [0.29, 0.717) is 0 Å². The molecule has 2 N–H and O–H groups in total. The summed E-state index contributed by atoms with van der Waals surface area (Å²) in [6, 6.07) is 7.80. The van der Waals surface area contributed by atoms with Crippen molar-refractivity contribution in [2.75, 3.05) is 5.73 Å². The van der Waals surface area contributed by atoms with Gasteiger partial charge in [-0.1, -0.05) is 24.4 Å². The third kappa shape index (κ3) is 1.49. The summed E-state index contributed by atoms with van der Waals surface area (Å²) < 4.78 is 0. The number of nitrogen functional groups attached to an aromatic ring is 1. The quantitative estimate of drug-likeness (QED) is 0.425. The molecule has 1 radical (unpaired) electrons. The molecule has 0 fully saturated rings. The van der Waals surface area contributed by atoms with Crippen molar-refractivity contribution in [2.24, 2.45) is 0 Å². The molecule has 2 heteroatoms. The monoisotopic (exact) mass is 118 g/mol. The van der Waals surface area contributed by atoms with Gasteiger partial charge in [-0.15, -0.1) is 0 Å². The Balaban J connectivity index is 2.94. The molecule has 0 bridgehead atoms. The molecule has 0 heterocycles. The van der Waals surface area contributed by atoms with E-state index in [2.05, 4.69) is 0 Å². The molecule has 0 aliphatic rings. The Labute approximate surface area is 56.1 Å². The maximum Gasteiger partial charge on any atom is 0.148 e. The number of benzene rings is 1. The highest BCUT2D eigenvalue weighted by atomic mass is 14.5. The van der Waals surface area contributed by atoms with Crippen molar-refractivity contribution in [3.8, 4) is 0 Å². The number of nitrogens with two attached hydrogens (primary N) is 1. The van der Waals surface area contributed by atoms with Crippen LogP contribution in [0.25, 0.3) is 0 Å². The molecular formula is C7H9BN. The predicted molar refractivity (Wildman–Crippen MR) is 42.1 cm³/mol. The van der Waals surface area contributed by atoms with Crippen molar-refractivity contribution in [1.29, 1.82) is 0 Å². The van der Waals surface area contributed by atoms with E-state index in [1.807, 2.05) is 38.4 Å². The van der Waals surface area contributed by atoms with E-state index in [9.17, 15) is 0 Å². The first kappa shape index (κ1) is 6.21. The van der Waals surface area contributed by atoms with Gasteiger partial charge < -0.3 is 5.73 Å². The summed E-state index contributed by atoms with van der Waals surface area (Å²) in [5.74, 6) is 0. The Morgan fingerprint density at radius 2 is 2.22 bits per heavy atom. The lowest BCUT2D eigenvalue weighted by Crippen LogP contribution is -2.09. The summed E-state index contributed by atoms with van der Waals surface area (Å²) in [4.78, 5) is 0. The number of rotatable bonds is 1. The van der Waals surface area contributed by atoms with Gasteiger partial charge in [0.05, 0.1) is 0 Å². The largest absolute Gasteiger partial charge is 0.399 e. The SMILES string of the molecule is C[B]c1cccc(N)c1. The molecule has 0 aliphatic heterocycles. The highest BCUT2D eigenvalue weighted by molar-refractivity contribution is 6.52. The summed E-state index contributed by atoms with van der Waals surface area (Å²) in [5, 5.41) is 0. The molecule has 1 aromatic rings. The number of anilines is 1. The Hall–Kier alpha value is -0.915. The molecule has 0 amide bonds. The summed E-state index contributed by atoms with van der Waals surface area (Å²) >= 11 is 0. The fourth-order valence-electron chi connectivity index (χ4n) is 0.739. The van der Waals surface area contributed by atoms with Crippen molar-refractivity contribution in [3.05, 3.63) is 24.3 Å². The fraction of sp³-hybridized carbons (Fsp3) is 0.143. The van der Waals surface area contributed by atoms with Gasteiger partial charge in [0.25, 0.3) is 0 Å². The van der Waals surface area contributed by atoms with Crippen LogP contribution in [0.1, 0.15) is 0 Å². The lowest BCUT2D eigenvalue weighted by Gasteiger charge is -1.94. The van der Waals surface area contributed by atoms with Crippen molar-refractivity contribution >= 4 is 18.4 Å². The molecule has 1 rings (SSSR count). The van der Waals surface area contributed by atoms with E-state index in [1.165, 1.54) is 5.46 Å². The van der Waals surface area contributed by atoms with Gasteiger partial charge in [-0.05, 0) is 12.1 Å². The normalized spacial score (nSPS) is 9.00. The third-order valence-electron chi connectivity index (χ3n) is 1.24. The molecule has 1 nitrogen and oxygen atoms in total. The smallest absolute Gasteiger partial charge is 0.148 e. The van der Waals surface area contributed by atoms with Gasteiger partial charge in [0.15, 0.2) is 0 Å². The van der Waals surface area contributed by atoms with Gasteiger partial charge in [0.2, 0.25) is 0 Å². The molecule has 0 saturated heterocycles. The number of hydrogen-bond donors (Lipinski definition) is 1. The van der Waals surface area contributed by atoms with Gasteiger partial charge in [0, 0.05) is 5.69 Å². The van der Waals surface area contributed by atoms with Crippen molar-refractivity contribution in [3.63, 3.8) is 0 Å². The zero-order valence-corrected chi connectivity index (χ0v) is 5.46. The van der Waals surface area contributed by atoms with Crippen molar-refractivity contribution in [2.45, 2.75) is 6.82 Å². The Morgan fingerprint density at radius 1 is 1.44 bits per heavy atom. The minimum atomic E-state index is 0.825. The Morgan fingerprint density at radius 3 is 2.67 bits per heavy atom. The zero-order chi connectivity index (χ0) is 6.69. The van der Waals surface area contributed by atoms with E-state index in [-0.39, 0.29) is 0 Å². The second-order valence-corrected chi connectivity index (χ2v) is 1.96. The summed E-state index contributed by atoms with van der Waals surface area (Å²) in [7, 11) is 2.02. The standard InChI is InChI=1S/C7H9BN/c1-8-6-3-2-4-7(9)5-6/h2-5H,9H2,1H3. The minimum absolute atomic E-state index is 0.825. The highest BCUT2D eigenvalue weighted by Crippen LogP contribution is 1.94. The Kier molecular flexibility index (Phi) is 1.78. The van der Waals surface area contributed by atoms with E-state index in [0.717, 1.165) is 5.69 Å². The molecule has 0 saturated carbocycles. The van der Waals surface area contributed by atoms with Crippen LogP contribution in [0, 0.1) is 0 Å². The van der Waals surface area contributed by atoms with Gasteiger partial charge in [0.1, 0.15) is 7.28 Å². The topological polar surface area (TPSA) is 26.0 Å². The fourth-order valence-corrected chi connectivity index (χ4v) is 0.739. The molecule has 1 aromatic carbocycles. The molecular weight excluding hydrogens is 109 g/mol.